The molecule has 0 bridgehead atoms. The maximum atomic E-state index is 11.7. The minimum Gasteiger partial charge on any atom is -0.494 e. The normalized spacial score (nSPS) is 10.5. The molecule has 5 nitrogen and oxygen atoms in total. The fourth-order valence-electron chi connectivity index (χ4n) is 1.82. The number of benzene rings is 2. The van der Waals surface area contributed by atoms with E-state index < -0.39 is 0 Å². The molecule has 0 aliphatic rings. The van der Waals surface area contributed by atoms with Crippen LogP contribution in [0.1, 0.15) is 12.5 Å². The van der Waals surface area contributed by atoms with Gasteiger partial charge in [-0.2, -0.15) is 5.10 Å². The Labute approximate surface area is 140 Å². The molecule has 0 saturated carbocycles. The van der Waals surface area contributed by atoms with Gasteiger partial charge in [0, 0.05) is 0 Å². The lowest BCUT2D eigenvalue weighted by atomic mass is 10.2. The molecule has 0 atom stereocenters. The van der Waals surface area contributed by atoms with Crippen LogP contribution in [-0.4, -0.2) is 25.3 Å². The number of rotatable bonds is 7. The van der Waals surface area contributed by atoms with E-state index in [2.05, 4.69) is 15.8 Å². The van der Waals surface area contributed by atoms with Crippen molar-refractivity contribution < 1.29 is 9.53 Å². The molecule has 6 heteroatoms. The molecule has 0 unspecified atom stereocenters. The van der Waals surface area contributed by atoms with Crippen molar-refractivity contribution in [3.8, 4) is 5.75 Å². The Morgan fingerprint density at radius 1 is 1.22 bits per heavy atom. The number of hydrazone groups is 1. The monoisotopic (exact) mass is 331 g/mol. The number of halogens is 1. The summed E-state index contributed by atoms with van der Waals surface area (Å²) >= 11 is 5.99. The highest BCUT2D eigenvalue weighted by molar-refractivity contribution is 6.33. The minimum absolute atomic E-state index is 0.0876. The van der Waals surface area contributed by atoms with Gasteiger partial charge in [-0.15, -0.1) is 0 Å². The molecule has 0 spiro atoms. The molecule has 0 fully saturated rings. The topological polar surface area (TPSA) is 62.7 Å². The average Bonchev–Trinajstić information content (AvgIpc) is 2.56. The molecular weight excluding hydrogens is 314 g/mol. The highest BCUT2D eigenvalue weighted by Crippen LogP contribution is 2.19. The largest absolute Gasteiger partial charge is 0.494 e. The van der Waals surface area contributed by atoms with Crippen molar-refractivity contribution in [2.75, 3.05) is 18.5 Å². The number of para-hydroxylation sites is 1. The van der Waals surface area contributed by atoms with E-state index in [1.807, 2.05) is 43.3 Å². The summed E-state index contributed by atoms with van der Waals surface area (Å²) in [5.74, 6) is 0.546. The van der Waals surface area contributed by atoms with Crippen molar-refractivity contribution >= 4 is 29.4 Å². The van der Waals surface area contributed by atoms with Crippen molar-refractivity contribution in [3.63, 3.8) is 0 Å². The van der Waals surface area contributed by atoms with Gasteiger partial charge in [-0.25, -0.2) is 5.43 Å². The number of anilines is 1. The zero-order valence-corrected chi connectivity index (χ0v) is 13.5. The summed E-state index contributed by atoms with van der Waals surface area (Å²) in [6.45, 7) is 2.65. The average molecular weight is 332 g/mol. The Hall–Kier alpha value is -2.53. The van der Waals surface area contributed by atoms with E-state index in [-0.39, 0.29) is 12.5 Å². The van der Waals surface area contributed by atoms with Crippen LogP contribution < -0.4 is 15.5 Å². The van der Waals surface area contributed by atoms with Gasteiger partial charge in [0.05, 0.1) is 30.1 Å². The zero-order valence-electron chi connectivity index (χ0n) is 12.8. The molecule has 0 aliphatic carbocycles. The SMILES string of the molecule is CCOc1ccc(C=NNC(=O)CNc2ccccc2Cl)cc1. The van der Waals surface area contributed by atoms with Crippen LogP contribution in [0.15, 0.2) is 53.6 Å². The van der Waals surface area contributed by atoms with Crippen LogP contribution in [0.5, 0.6) is 5.75 Å². The van der Waals surface area contributed by atoms with E-state index in [0.717, 1.165) is 11.3 Å². The Morgan fingerprint density at radius 2 is 1.96 bits per heavy atom. The van der Waals surface area contributed by atoms with Gasteiger partial charge in [0.25, 0.3) is 5.91 Å². The van der Waals surface area contributed by atoms with Gasteiger partial charge in [-0.05, 0) is 48.9 Å². The Bertz CT molecular complexity index is 672. The Balaban J connectivity index is 1.78. The second-order valence-corrected chi connectivity index (χ2v) is 5.04. The number of hydrogen-bond donors (Lipinski definition) is 2. The predicted octanol–water partition coefficient (Wildman–Crippen LogP) is 3.30. The number of carbonyl (C=O) groups excluding carboxylic acids is 1. The summed E-state index contributed by atoms with van der Waals surface area (Å²) in [7, 11) is 0. The summed E-state index contributed by atoms with van der Waals surface area (Å²) in [6.07, 6.45) is 1.57. The van der Waals surface area contributed by atoms with E-state index in [1.165, 1.54) is 0 Å². The van der Waals surface area contributed by atoms with E-state index in [1.54, 1.807) is 18.3 Å². The smallest absolute Gasteiger partial charge is 0.259 e. The van der Waals surface area contributed by atoms with Gasteiger partial charge in [0.2, 0.25) is 0 Å². The molecule has 23 heavy (non-hydrogen) atoms. The summed E-state index contributed by atoms with van der Waals surface area (Å²) in [6, 6.07) is 14.7. The zero-order chi connectivity index (χ0) is 16.5. The molecule has 1 amide bonds. The third-order valence-corrected chi connectivity index (χ3v) is 3.24. The number of amides is 1. The number of nitrogens with one attached hydrogen (secondary N) is 2. The van der Waals surface area contributed by atoms with Gasteiger partial charge >= 0.3 is 0 Å². The second-order valence-electron chi connectivity index (χ2n) is 4.63. The molecule has 2 aromatic carbocycles. The first-order valence-electron chi connectivity index (χ1n) is 7.22. The molecule has 0 radical (unpaired) electrons. The maximum absolute atomic E-state index is 11.7. The lowest BCUT2D eigenvalue weighted by Crippen LogP contribution is -2.25. The minimum atomic E-state index is -0.257. The molecular formula is C17H18ClN3O2. The van der Waals surface area contributed by atoms with Gasteiger partial charge in [-0.1, -0.05) is 23.7 Å². The highest BCUT2D eigenvalue weighted by Gasteiger charge is 2.02. The van der Waals surface area contributed by atoms with Crippen LogP contribution in [0.25, 0.3) is 0 Å². The molecule has 2 rings (SSSR count). The van der Waals surface area contributed by atoms with Crippen molar-refractivity contribution in [2.24, 2.45) is 5.10 Å². The van der Waals surface area contributed by atoms with Gasteiger partial charge < -0.3 is 10.1 Å². The predicted molar refractivity (Wildman–Crippen MR) is 93.3 cm³/mol. The molecule has 0 saturated heterocycles. The van der Waals surface area contributed by atoms with Crippen LogP contribution in [0.3, 0.4) is 0 Å². The van der Waals surface area contributed by atoms with Crippen molar-refractivity contribution in [3.05, 3.63) is 59.1 Å². The molecule has 0 aromatic heterocycles. The van der Waals surface area contributed by atoms with E-state index >= 15 is 0 Å². The first kappa shape index (κ1) is 16.8. The molecule has 2 N–H and O–H groups in total. The van der Waals surface area contributed by atoms with E-state index in [4.69, 9.17) is 16.3 Å². The summed E-state index contributed by atoms with van der Waals surface area (Å²) in [5.41, 5.74) is 4.03. The molecule has 120 valence electrons. The number of carbonyl (C=O) groups is 1. The number of nitrogens with zero attached hydrogens (tertiary/aromatic N) is 1. The molecule has 0 heterocycles. The van der Waals surface area contributed by atoms with Gasteiger partial charge in [0.1, 0.15) is 5.75 Å². The first-order chi connectivity index (χ1) is 11.2. The Kier molecular flexibility index (Phi) is 6.44. The summed E-state index contributed by atoms with van der Waals surface area (Å²) in [5, 5.41) is 7.43. The van der Waals surface area contributed by atoms with Crippen molar-refractivity contribution in [2.45, 2.75) is 6.92 Å². The lowest BCUT2D eigenvalue weighted by molar-refractivity contribution is -0.119. The van der Waals surface area contributed by atoms with Crippen molar-refractivity contribution in [1.82, 2.24) is 5.43 Å². The fraction of sp³-hybridized carbons (Fsp3) is 0.176. The number of ether oxygens (including phenoxy) is 1. The van der Waals surface area contributed by atoms with E-state index in [9.17, 15) is 4.79 Å². The third-order valence-electron chi connectivity index (χ3n) is 2.91. The molecule has 0 aliphatic heterocycles. The Morgan fingerprint density at radius 3 is 2.65 bits per heavy atom. The van der Waals surface area contributed by atoms with Crippen LogP contribution >= 0.6 is 11.6 Å². The maximum Gasteiger partial charge on any atom is 0.259 e. The summed E-state index contributed by atoms with van der Waals surface area (Å²) < 4.78 is 5.35. The summed E-state index contributed by atoms with van der Waals surface area (Å²) in [4.78, 5) is 11.7. The van der Waals surface area contributed by atoms with Gasteiger partial charge in [-0.3, -0.25) is 4.79 Å². The van der Waals surface area contributed by atoms with Gasteiger partial charge in [0.15, 0.2) is 0 Å². The highest BCUT2D eigenvalue weighted by atomic mass is 35.5. The standard InChI is InChI=1S/C17H18ClN3O2/c1-2-23-14-9-7-13(8-10-14)11-20-21-17(22)12-19-16-6-4-3-5-15(16)18/h3-11,19H,2,12H2,1H3,(H,21,22). The third kappa shape index (κ3) is 5.64. The second kappa shape index (κ2) is 8.80. The first-order valence-corrected chi connectivity index (χ1v) is 7.60. The lowest BCUT2D eigenvalue weighted by Gasteiger charge is -2.06. The fourth-order valence-corrected chi connectivity index (χ4v) is 2.02. The van der Waals surface area contributed by atoms with Crippen LogP contribution in [0.2, 0.25) is 5.02 Å². The van der Waals surface area contributed by atoms with Crippen LogP contribution in [0, 0.1) is 0 Å². The quantitative estimate of drug-likeness (QED) is 0.604. The van der Waals surface area contributed by atoms with Crippen LogP contribution in [0.4, 0.5) is 5.69 Å². The number of hydrogen-bond acceptors (Lipinski definition) is 4. The van der Waals surface area contributed by atoms with E-state index in [0.29, 0.717) is 17.3 Å². The van der Waals surface area contributed by atoms with Crippen molar-refractivity contribution in [1.29, 1.82) is 0 Å². The molecule has 2 aromatic rings. The van der Waals surface area contributed by atoms with Crippen LogP contribution in [-0.2, 0) is 4.79 Å².